The summed E-state index contributed by atoms with van der Waals surface area (Å²) in [6.07, 6.45) is 24.3. The van der Waals surface area contributed by atoms with Crippen molar-refractivity contribution in [2.75, 3.05) is 60.2 Å². The van der Waals surface area contributed by atoms with Crippen LogP contribution >= 0.6 is 34.0 Å². The first-order valence-corrected chi connectivity index (χ1v) is 40.5. The lowest BCUT2D eigenvalue weighted by Gasteiger charge is -2.25. The van der Waals surface area contributed by atoms with E-state index in [1.54, 1.807) is 32.4 Å². The van der Waals surface area contributed by atoms with E-state index >= 15 is 0 Å². The van der Waals surface area contributed by atoms with Crippen LogP contribution in [0.15, 0.2) is 36.8 Å². The Morgan fingerprint density at radius 1 is 0.539 bits per heavy atom. The standard InChI is InChI=1S/C25H33N5O3S.C24H31N5O4S2.C24H33N5O3S/c1-15-12-19(28-17-7-3-4-8-17)26-13-18(15)21-20(24(32)30-11-5-6-16(30)2)29-23(34-21)22(31)27-14-25(33)9-10-25;1-14-10-19(26-16-7-3-4-8-16)25-11-18(14)21-20(24(31)29-9-5-6-15(29)2)28-23(34-21)22(30)27-17-12-35(32,33)13-17;1-14-11-17(28-24(5)8-9-24)25-12-16(14)19-18(22(31)29-10-6-7-15(29)2)27-21(33-19)20(30)26-13-23(3,4)32/h12-13,16-17,33H,3-11,14H2,1-2H3,(H,26,28)(H,27,31);10-11,15-17H,3-9,12-13H2,1-2H3,(H,25,26)(H,27,30);11-12,15,32H,6-10,13H2,1-5H3,(H,25,28)(H,26,30)/t16-;2*15-/m000/s1. The molecule has 4 aliphatic heterocycles. The first kappa shape index (κ1) is 74.2. The SMILES string of the molecule is Cc1cc(NC2(C)CC2)ncc1-c1sc(C(=O)NCC(C)(C)O)nc1C(=O)N1CCC[C@@H]1C.Cc1cc(NC2CCCC2)ncc1-c1sc(C(=O)NC2CS(=O)(=O)C2)nc1C(=O)N1CCC[C@@H]1C.Cc1cc(NC2CCCC2)ncc1-c1sc(C(=O)NCC2(O)CC2)nc1C(=O)N1CCC[C@@H]1C. The minimum absolute atomic E-state index is 0.0630. The average molecular weight is 1470 g/mol. The quantitative estimate of drug-likeness (QED) is 0.0352. The Hall–Kier alpha value is -7.57. The molecule has 0 radical (unpaired) electrons. The number of amides is 6. The molecule has 29 heteroatoms. The summed E-state index contributed by atoms with van der Waals surface area (Å²) in [5.74, 6) is 0.663. The number of aromatic nitrogens is 6. The molecule has 8 fully saturated rings. The lowest BCUT2D eigenvalue weighted by atomic mass is 10.1. The minimum Gasteiger partial charge on any atom is -0.389 e. The first-order chi connectivity index (χ1) is 48.5. The molecule has 6 aromatic heterocycles. The van der Waals surface area contributed by atoms with Crippen LogP contribution in [0.3, 0.4) is 0 Å². The third-order valence-electron chi connectivity index (χ3n) is 20.8. The second kappa shape index (κ2) is 30.6. The van der Waals surface area contributed by atoms with Crippen LogP contribution < -0.4 is 31.9 Å². The molecule has 0 bridgehead atoms. The third kappa shape index (κ3) is 17.8. The van der Waals surface area contributed by atoms with Gasteiger partial charge in [-0.05, 0) is 187 Å². The van der Waals surface area contributed by atoms with E-state index in [2.05, 4.69) is 75.7 Å². The van der Waals surface area contributed by atoms with Crippen LogP contribution in [-0.4, -0.2) is 196 Å². The smallest absolute Gasteiger partial charge is 0.280 e. The second-order valence-corrected chi connectivity index (χ2v) is 35.5. The topological polar surface area (TPSA) is 336 Å². The maximum absolute atomic E-state index is 13.5. The molecule has 14 rings (SSSR count). The summed E-state index contributed by atoms with van der Waals surface area (Å²) in [4.78, 5) is 114. The van der Waals surface area contributed by atoms with E-state index < -0.39 is 38.9 Å². The van der Waals surface area contributed by atoms with Gasteiger partial charge in [-0.25, -0.2) is 38.3 Å². The number of carbonyl (C=O) groups excluding carboxylic acids is 6. The van der Waals surface area contributed by atoms with Crippen LogP contribution in [0.1, 0.15) is 235 Å². The van der Waals surface area contributed by atoms with Crippen molar-refractivity contribution in [1.29, 1.82) is 0 Å². The number of thiazole rings is 3. The Labute approximate surface area is 609 Å². The fourth-order valence-electron chi connectivity index (χ4n) is 14.0. The first-order valence-electron chi connectivity index (χ1n) is 36.2. The molecule has 6 aromatic rings. The van der Waals surface area contributed by atoms with Crippen molar-refractivity contribution in [3.63, 3.8) is 0 Å². The van der Waals surface area contributed by atoms with Gasteiger partial charge in [0.2, 0.25) is 0 Å². The number of carbonyl (C=O) groups is 6. The number of nitrogens with zero attached hydrogens (tertiary/aromatic N) is 9. The predicted molar refractivity (Wildman–Crippen MR) is 398 cm³/mol. The Morgan fingerprint density at radius 3 is 1.25 bits per heavy atom. The van der Waals surface area contributed by atoms with Crippen molar-refractivity contribution >= 4 is 96.7 Å². The molecule has 25 nitrogen and oxygen atoms in total. The Morgan fingerprint density at radius 2 is 0.912 bits per heavy atom. The summed E-state index contributed by atoms with van der Waals surface area (Å²) < 4.78 is 22.9. The van der Waals surface area contributed by atoms with Gasteiger partial charge in [-0.1, -0.05) is 25.7 Å². The fraction of sp³-hybridized carbons (Fsp3) is 0.589. The van der Waals surface area contributed by atoms with Gasteiger partial charge in [0.05, 0.1) is 43.4 Å². The number of anilines is 3. The molecule has 0 aromatic carbocycles. The molecule has 4 aliphatic carbocycles. The summed E-state index contributed by atoms with van der Waals surface area (Å²) in [5.41, 5.74) is 4.46. The second-order valence-electron chi connectivity index (χ2n) is 30.3. The lowest BCUT2D eigenvalue weighted by Crippen LogP contribution is -2.52. The highest BCUT2D eigenvalue weighted by Gasteiger charge is 2.42. The maximum Gasteiger partial charge on any atom is 0.280 e. The van der Waals surface area contributed by atoms with Crippen LogP contribution in [0.2, 0.25) is 0 Å². The Kier molecular flexibility index (Phi) is 22.3. The number of aryl methyl sites for hydroxylation is 3. The number of pyridine rings is 3. The van der Waals surface area contributed by atoms with Crippen LogP contribution in [0, 0.1) is 20.8 Å². The Balaban J connectivity index is 0.000000145. The molecule has 4 saturated carbocycles. The van der Waals surface area contributed by atoms with Crippen molar-refractivity contribution in [2.24, 2.45) is 0 Å². The molecule has 102 heavy (non-hydrogen) atoms. The Bertz CT molecular complexity index is 4250. The van der Waals surface area contributed by atoms with Gasteiger partial charge in [-0.2, -0.15) is 0 Å². The molecule has 0 unspecified atom stereocenters. The van der Waals surface area contributed by atoms with Gasteiger partial charge >= 0.3 is 0 Å². The van der Waals surface area contributed by atoms with E-state index in [1.165, 1.54) is 48.4 Å². The molecule has 8 N–H and O–H groups in total. The van der Waals surface area contributed by atoms with Crippen molar-refractivity contribution in [3.8, 4) is 31.3 Å². The normalized spacial score (nSPS) is 21.1. The third-order valence-corrected chi connectivity index (χ3v) is 25.8. The van der Waals surface area contributed by atoms with E-state index in [0.717, 1.165) is 139 Å². The molecule has 4 saturated heterocycles. The molecular formula is C73H97N15O10S4. The van der Waals surface area contributed by atoms with Crippen LogP contribution in [0.4, 0.5) is 17.5 Å². The highest BCUT2D eigenvalue weighted by molar-refractivity contribution is 7.92. The zero-order chi connectivity index (χ0) is 72.6. The highest BCUT2D eigenvalue weighted by atomic mass is 32.2. The zero-order valence-electron chi connectivity index (χ0n) is 59.9. The maximum atomic E-state index is 13.5. The van der Waals surface area contributed by atoms with Gasteiger partial charge < -0.3 is 56.8 Å². The molecule has 3 atom stereocenters. The van der Waals surface area contributed by atoms with Crippen molar-refractivity contribution in [1.82, 2.24) is 60.6 Å². The van der Waals surface area contributed by atoms with Crippen LogP contribution in [0.25, 0.3) is 31.3 Å². The summed E-state index contributed by atoms with van der Waals surface area (Å²) in [6.45, 7) is 19.9. The highest BCUT2D eigenvalue weighted by Crippen LogP contribution is 2.42. The summed E-state index contributed by atoms with van der Waals surface area (Å²) in [6, 6.07) is 6.89. The van der Waals surface area contributed by atoms with Crippen LogP contribution in [-0.2, 0) is 9.84 Å². The zero-order valence-corrected chi connectivity index (χ0v) is 63.2. The largest absolute Gasteiger partial charge is 0.389 e. The molecule has 0 spiro atoms. The van der Waals surface area contributed by atoms with E-state index in [-0.39, 0.29) is 92.6 Å². The van der Waals surface area contributed by atoms with Gasteiger partial charge in [0.15, 0.2) is 24.9 Å². The molecule has 548 valence electrons. The number of nitrogens with one attached hydrogen (secondary N) is 6. The van der Waals surface area contributed by atoms with Gasteiger partial charge in [-0.3, -0.25) is 28.8 Å². The van der Waals surface area contributed by atoms with E-state index in [9.17, 15) is 47.4 Å². The van der Waals surface area contributed by atoms with Gasteiger partial charge in [0, 0.05) is 104 Å². The number of hydrogen-bond acceptors (Lipinski definition) is 22. The monoisotopic (exact) mass is 1470 g/mol. The van der Waals surface area contributed by atoms with Gasteiger partial charge in [0.1, 0.15) is 34.5 Å². The van der Waals surface area contributed by atoms with Gasteiger partial charge in [-0.15, -0.1) is 34.0 Å². The van der Waals surface area contributed by atoms with E-state index in [0.29, 0.717) is 70.6 Å². The molecule has 6 amide bonds. The van der Waals surface area contributed by atoms with E-state index in [1.807, 2.05) is 67.5 Å². The molecular weight excluding hydrogens is 1380 g/mol. The van der Waals surface area contributed by atoms with Crippen LogP contribution in [0.5, 0.6) is 0 Å². The summed E-state index contributed by atoms with van der Waals surface area (Å²) >= 11 is 3.57. The van der Waals surface area contributed by atoms with Gasteiger partial charge in [0.25, 0.3) is 35.4 Å². The molecule has 8 aliphatic rings. The number of hydrogen-bond donors (Lipinski definition) is 8. The average Bonchev–Trinajstić information content (AvgIpc) is 1.65. The van der Waals surface area contributed by atoms with E-state index in [4.69, 9.17) is 0 Å². The summed E-state index contributed by atoms with van der Waals surface area (Å²) in [7, 11) is -3.06. The summed E-state index contributed by atoms with van der Waals surface area (Å²) in [5, 5.41) is 39.4. The number of likely N-dealkylation sites (tertiary alicyclic amines) is 3. The predicted octanol–water partition coefficient (Wildman–Crippen LogP) is 10.4. The fourth-order valence-corrected chi connectivity index (χ4v) is 18.5. The minimum atomic E-state index is -3.06. The number of sulfone groups is 1. The van der Waals surface area contributed by atoms with Crippen molar-refractivity contribution in [2.45, 2.75) is 231 Å². The lowest BCUT2D eigenvalue weighted by molar-refractivity contribution is 0.0692. The van der Waals surface area contributed by atoms with Crippen molar-refractivity contribution in [3.05, 3.63) is 85.6 Å². The number of rotatable bonds is 20. The number of aliphatic hydroxyl groups is 2. The molecule has 10 heterocycles. The van der Waals surface area contributed by atoms with Crippen molar-refractivity contribution < 1.29 is 47.4 Å².